The molecule has 0 spiro atoms. The summed E-state index contributed by atoms with van der Waals surface area (Å²) in [5.41, 5.74) is 0. The molecule has 0 fully saturated rings. The number of phosphoric acid groups is 2. The standard InChI is InChI=1S/C84H164O17P2/c1-7-10-12-14-16-18-20-22-24-29-33-37-41-48-54-60-66-81(86)94-72-79(100-83(88)69-63-57-51-43-39-35-31-27-26-28-32-36-40-46-52-58-64-76(4)5)74-98-102(90,91)96-70-78(85)71-97-103(92,93)99-75-80(73-95-82(87)67-61-55-49-45-44-47-53-59-65-77(6)9-3)101-84(89)68-62-56-50-42-38-34-30-25-23-21-19-17-15-13-11-8-2/h76-80,85H,7-75H2,1-6H3,(H,90,91)(H,92,93)/t77?,78-,79-,80-/m1/s1. The van der Waals surface area contributed by atoms with Crippen LogP contribution in [0.15, 0.2) is 0 Å². The van der Waals surface area contributed by atoms with E-state index in [2.05, 4.69) is 41.5 Å². The third-order valence-electron chi connectivity index (χ3n) is 20.1. The lowest BCUT2D eigenvalue weighted by molar-refractivity contribution is -0.161. The Morgan fingerprint density at radius 3 is 0.738 bits per heavy atom. The first-order valence-electron chi connectivity index (χ1n) is 43.5. The van der Waals surface area contributed by atoms with Gasteiger partial charge in [-0.25, -0.2) is 9.13 Å². The number of aliphatic hydroxyl groups excluding tert-OH is 1. The maximum atomic E-state index is 13.1. The Morgan fingerprint density at radius 2 is 0.495 bits per heavy atom. The van der Waals surface area contributed by atoms with Gasteiger partial charge in [-0.15, -0.1) is 0 Å². The smallest absolute Gasteiger partial charge is 0.462 e. The van der Waals surface area contributed by atoms with Crippen molar-refractivity contribution in [1.82, 2.24) is 0 Å². The number of carbonyl (C=O) groups excluding carboxylic acids is 4. The summed E-state index contributed by atoms with van der Waals surface area (Å²) < 4.78 is 68.9. The molecule has 0 aromatic carbocycles. The number of carbonyl (C=O) groups is 4. The number of aliphatic hydroxyl groups is 1. The molecule has 0 aliphatic heterocycles. The van der Waals surface area contributed by atoms with Crippen molar-refractivity contribution in [2.45, 2.75) is 464 Å². The second-order valence-corrected chi connectivity index (χ2v) is 33.8. The highest BCUT2D eigenvalue weighted by molar-refractivity contribution is 7.47. The molecule has 0 aromatic rings. The number of esters is 4. The minimum absolute atomic E-state index is 0.108. The molecular formula is C84H164O17P2. The molecule has 0 aliphatic carbocycles. The first-order chi connectivity index (χ1) is 49.9. The van der Waals surface area contributed by atoms with Crippen molar-refractivity contribution in [3.63, 3.8) is 0 Å². The van der Waals surface area contributed by atoms with Crippen molar-refractivity contribution in [2.75, 3.05) is 39.6 Å². The Hall–Kier alpha value is -1.94. The Morgan fingerprint density at radius 1 is 0.282 bits per heavy atom. The Balaban J connectivity index is 5.26. The van der Waals surface area contributed by atoms with Crippen LogP contribution in [0.4, 0.5) is 0 Å². The third-order valence-corrected chi connectivity index (χ3v) is 22.0. The quantitative estimate of drug-likeness (QED) is 0.0222. The number of hydrogen-bond acceptors (Lipinski definition) is 15. The Kier molecular flexibility index (Phi) is 74.1. The van der Waals surface area contributed by atoms with Gasteiger partial charge in [0.05, 0.1) is 26.4 Å². The largest absolute Gasteiger partial charge is 0.472 e. The van der Waals surface area contributed by atoms with Gasteiger partial charge in [0.25, 0.3) is 0 Å². The molecule has 0 aromatic heterocycles. The maximum Gasteiger partial charge on any atom is 0.472 e. The number of rotatable bonds is 83. The highest BCUT2D eigenvalue weighted by Gasteiger charge is 2.30. The molecule has 3 N–H and O–H groups in total. The van der Waals surface area contributed by atoms with Crippen molar-refractivity contribution in [3.05, 3.63) is 0 Å². The summed E-state index contributed by atoms with van der Waals surface area (Å²) in [5, 5.41) is 10.7. The summed E-state index contributed by atoms with van der Waals surface area (Å²) in [6.45, 7) is 9.70. The van der Waals surface area contributed by atoms with E-state index in [0.29, 0.717) is 25.7 Å². The Labute approximate surface area is 632 Å². The molecule has 612 valence electrons. The summed E-state index contributed by atoms with van der Waals surface area (Å²) in [4.78, 5) is 73.2. The van der Waals surface area contributed by atoms with Crippen LogP contribution in [-0.2, 0) is 65.4 Å². The fourth-order valence-corrected chi connectivity index (χ4v) is 14.6. The van der Waals surface area contributed by atoms with Crippen molar-refractivity contribution >= 4 is 39.5 Å². The van der Waals surface area contributed by atoms with Crippen molar-refractivity contribution in [3.8, 4) is 0 Å². The minimum atomic E-state index is -4.96. The van der Waals surface area contributed by atoms with Crippen LogP contribution in [0.3, 0.4) is 0 Å². The molecule has 6 atom stereocenters. The van der Waals surface area contributed by atoms with Crippen LogP contribution in [0.25, 0.3) is 0 Å². The summed E-state index contributed by atoms with van der Waals surface area (Å²) in [5.74, 6) is -0.516. The van der Waals surface area contributed by atoms with Crippen LogP contribution in [-0.4, -0.2) is 96.7 Å². The lowest BCUT2D eigenvalue weighted by atomic mass is 9.99. The molecule has 3 unspecified atom stereocenters. The highest BCUT2D eigenvalue weighted by atomic mass is 31.2. The second-order valence-electron chi connectivity index (χ2n) is 30.9. The number of unbranched alkanes of at least 4 members (excludes halogenated alkanes) is 52. The highest BCUT2D eigenvalue weighted by Crippen LogP contribution is 2.45. The monoisotopic (exact) mass is 1510 g/mol. The molecule has 19 heteroatoms. The van der Waals surface area contributed by atoms with Gasteiger partial charge >= 0.3 is 39.5 Å². The van der Waals surface area contributed by atoms with E-state index in [1.54, 1.807) is 0 Å². The molecule has 103 heavy (non-hydrogen) atoms. The van der Waals surface area contributed by atoms with Crippen LogP contribution in [0.5, 0.6) is 0 Å². The van der Waals surface area contributed by atoms with Gasteiger partial charge in [-0.05, 0) is 37.5 Å². The fraction of sp³-hybridized carbons (Fsp3) is 0.952. The minimum Gasteiger partial charge on any atom is -0.462 e. The third kappa shape index (κ3) is 76.6. The van der Waals surface area contributed by atoms with E-state index in [1.165, 1.54) is 263 Å². The lowest BCUT2D eigenvalue weighted by Gasteiger charge is -2.21. The van der Waals surface area contributed by atoms with E-state index in [4.69, 9.17) is 37.0 Å². The summed E-state index contributed by atoms with van der Waals surface area (Å²) >= 11 is 0. The SMILES string of the molecule is CCCCCCCCCCCCCCCCCCC(=O)OC[C@H](COP(=O)(O)OC[C@@H](O)COP(=O)(O)OC[C@@H](COC(=O)CCCCCCCCCCC(C)CC)OC(=O)CCCCCCCCCCCCCCCCCC)OC(=O)CCCCCCCCCCCCCCCCCCC(C)C. The second kappa shape index (κ2) is 75.5. The van der Waals surface area contributed by atoms with Crippen LogP contribution in [0.2, 0.25) is 0 Å². The van der Waals surface area contributed by atoms with Gasteiger partial charge in [-0.2, -0.15) is 0 Å². The first kappa shape index (κ1) is 101. The first-order valence-corrected chi connectivity index (χ1v) is 46.5. The van der Waals surface area contributed by atoms with E-state index in [1.807, 2.05) is 0 Å². The van der Waals surface area contributed by atoms with E-state index in [-0.39, 0.29) is 25.7 Å². The topological polar surface area (TPSA) is 237 Å². The zero-order valence-corrected chi connectivity index (χ0v) is 69.4. The van der Waals surface area contributed by atoms with E-state index in [0.717, 1.165) is 102 Å². The average Bonchev–Trinajstić information content (AvgIpc) is 0.907. The Bertz CT molecular complexity index is 1980. The molecule has 17 nitrogen and oxygen atoms in total. The number of ether oxygens (including phenoxy) is 4. The molecule has 0 amide bonds. The van der Waals surface area contributed by atoms with Gasteiger partial charge in [0.15, 0.2) is 12.2 Å². The number of phosphoric ester groups is 2. The lowest BCUT2D eigenvalue weighted by Crippen LogP contribution is -2.30. The van der Waals surface area contributed by atoms with Crippen molar-refractivity contribution in [2.24, 2.45) is 11.8 Å². The predicted molar refractivity (Wildman–Crippen MR) is 423 cm³/mol. The van der Waals surface area contributed by atoms with Crippen LogP contribution in [0, 0.1) is 11.8 Å². The molecule has 0 saturated heterocycles. The number of hydrogen-bond donors (Lipinski definition) is 3. The zero-order chi connectivity index (χ0) is 75.6. The summed E-state index contributed by atoms with van der Waals surface area (Å²) in [7, 11) is -9.93. The fourth-order valence-electron chi connectivity index (χ4n) is 13.0. The van der Waals surface area contributed by atoms with Crippen LogP contribution in [0.1, 0.15) is 446 Å². The maximum absolute atomic E-state index is 13.1. The molecule has 0 saturated carbocycles. The van der Waals surface area contributed by atoms with Gasteiger partial charge in [0.2, 0.25) is 0 Å². The van der Waals surface area contributed by atoms with E-state index >= 15 is 0 Å². The molecule has 0 aliphatic rings. The molecular weight excluding hydrogens is 1340 g/mol. The van der Waals surface area contributed by atoms with E-state index < -0.39 is 97.5 Å². The zero-order valence-electron chi connectivity index (χ0n) is 67.6. The van der Waals surface area contributed by atoms with Crippen LogP contribution < -0.4 is 0 Å². The van der Waals surface area contributed by atoms with E-state index in [9.17, 15) is 43.2 Å². The van der Waals surface area contributed by atoms with Gasteiger partial charge < -0.3 is 33.8 Å². The van der Waals surface area contributed by atoms with Crippen LogP contribution >= 0.6 is 15.6 Å². The van der Waals surface area contributed by atoms with Gasteiger partial charge in [0.1, 0.15) is 19.3 Å². The molecule has 0 rings (SSSR count). The summed E-state index contributed by atoms with van der Waals surface area (Å²) in [6, 6.07) is 0. The van der Waals surface area contributed by atoms with Gasteiger partial charge in [0, 0.05) is 25.7 Å². The summed E-state index contributed by atoms with van der Waals surface area (Å²) in [6.07, 6.45) is 66.5. The normalized spacial score (nSPS) is 14.1. The van der Waals surface area contributed by atoms with Crippen molar-refractivity contribution < 1.29 is 80.2 Å². The molecule has 0 heterocycles. The predicted octanol–water partition coefficient (Wildman–Crippen LogP) is 25.5. The van der Waals surface area contributed by atoms with Gasteiger partial charge in [-0.1, -0.05) is 395 Å². The average molecular weight is 1510 g/mol. The van der Waals surface area contributed by atoms with Crippen molar-refractivity contribution in [1.29, 1.82) is 0 Å². The molecule has 0 radical (unpaired) electrons. The molecule has 0 bridgehead atoms. The van der Waals surface area contributed by atoms with Gasteiger partial charge in [-0.3, -0.25) is 37.3 Å².